The van der Waals surface area contributed by atoms with Gasteiger partial charge in [-0.1, -0.05) is 0 Å². The largest absolute Gasteiger partial charge is 0.488 e. The molecule has 1 amide bonds. The van der Waals surface area contributed by atoms with Gasteiger partial charge >= 0.3 is 13.1 Å². The zero-order valence-corrected chi connectivity index (χ0v) is 12.8. The molecule has 0 fully saturated rings. The van der Waals surface area contributed by atoms with Gasteiger partial charge in [-0.15, -0.1) is 0 Å². The SMILES string of the molecule is COC(=O)C1=C(Nc2cc(F)cc(B(O)O)c2)C(=O)N(CCO)C1. The van der Waals surface area contributed by atoms with Crippen molar-refractivity contribution >= 4 is 30.1 Å². The Kier molecular flexibility index (Phi) is 5.55. The Morgan fingerprint density at radius 1 is 1.42 bits per heavy atom. The lowest BCUT2D eigenvalue weighted by Gasteiger charge is -2.15. The lowest BCUT2D eigenvalue weighted by atomic mass is 9.80. The predicted octanol–water partition coefficient (Wildman–Crippen LogP) is -1.82. The van der Waals surface area contributed by atoms with Crippen LogP contribution in [0.5, 0.6) is 0 Å². The number of nitrogens with one attached hydrogen (secondary N) is 1. The molecule has 1 aromatic carbocycles. The number of nitrogens with zero attached hydrogens (tertiary/aromatic N) is 1. The number of ether oxygens (including phenoxy) is 1. The molecule has 24 heavy (non-hydrogen) atoms. The second-order valence-corrected chi connectivity index (χ2v) is 5.07. The first-order chi connectivity index (χ1) is 11.4. The number of carbonyl (C=O) groups excluding carboxylic acids is 2. The molecule has 8 nitrogen and oxygen atoms in total. The molecule has 1 heterocycles. The predicted molar refractivity (Wildman–Crippen MR) is 82.6 cm³/mol. The van der Waals surface area contributed by atoms with E-state index in [-0.39, 0.29) is 42.1 Å². The van der Waals surface area contributed by atoms with Crippen LogP contribution >= 0.6 is 0 Å². The third-order valence-corrected chi connectivity index (χ3v) is 3.44. The van der Waals surface area contributed by atoms with Gasteiger partial charge in [-0.2, -0.15) is 0 Å². The molecule has 0 radical (unpaired) electrons. The number of halogens is 1. The van der Waals surface area contributed by atoms with Crippen molar-refractivity contribution in [2.75, 3.05) is 32.1 Å². The number of rotatable bonds is 6. The lowest BCUT2D eigenvalue weighted by Crippen LogP contribution is -2.32. The fourth-order valence-corrected chi connectivity index (χ4v) is 2.33. The van der Waals surface area contributed by atoms with Crippen LogP contribution in [0.1, 0.15) is 0 Å². The quantitative estimate of drug-likeness (QED) is 0.356. The number of hydrogen-bond acceptors (Lipinski definition) is 7. The Hall–Kier alpha value is -2.43. The smallest absolute Gasteiger partial charge is 0.466 e. The number of aliphatic hydroxyl groups excluding tert-OH is 1. The molecular formula is C14H16BFN2O6. The third-order valence-electron chi connectivity index (χ3n) is 3.44. The molecule has 1 aliphatic heterocycles. The first kappa shape index (κ1) is 17.9. The molecule has 0 saturated carbocycles. The minimum Gasteiger partial charge on any atom is -0.466 e. The summed E-state index contributed by atoms with van der Waals surface area (Å²) < 4.78 is 18.2. The van der Waals surface area contributed by atoms with E-state index in [4.69, 9.17) is 15.2 Å². The van der Waals surface area contributed by atoms with Crippen LogP contribution in [0.4, 0.5) is 10.1 Å². The second-order valence-electron chi connectivity index (χ2n) is 5.07. The summed E-state index contributed by atoms with van der Waals surface area (Å²) in [5, 5.41) is 29.9. The normalized spacial score (nSPS) is 14.2. The van der Waals surface area contributed by atoms with Crippen molar-refractivity contribution in [1.29, 1.82) is 0 Å². The number of hydrogen-bond donors (Lipinski definition) is 4. The molecule has 0 spiro atoms. The number of amides is 1. The van der Waals surface area contributed by atoms with Gasteiger partial charge in [0.2, 0.25) is 0 Å². The van der Waals surface area contributed by atoms with Crippen LogP contribution in [0.25, 0.3) is 0 Å². The molecule has 1 aromatic rings. The van der Waals surface area contributed by atoms with E-state index >= 15 is 0 Å². The number of benzene rings is 1. The topological polar surface area (TPSA) is 119 Å². The molecule has 0 bridgehead atoms. The van der Waals surface area contributed by atoms with Crippen molar-refractivity contribution < 1.29 is 33.9 Å². The van der Waals surface area contributed by atoms with Gasteiger partial charge in [-0.05, 0) is 23.7 Å². The van der Waals surface area contributed by atoms with Gasteiger partial charge in [-0.3, -0.25) is 4.79 Å². The average Bonchev–Trinajstić information content (AvgIpc) is 2.83. The third kappa shape index (κ3) is 3.73. The first-order valence-corrected chi connectivity index (χ1v) is 7.02. The van der Waals surface area contributed by atoms with E-state index in [1.165, 1.54) is 11.0 Å². The summed E-state index contributed by atoms with van der Waals surface area (Å²) in [6.07, 6.45) is 0. The molecule has 0 saturated heterocycles. The van der Waals surface area contributed by atoms with Crippen LogP contribution in [0.3, 0.4) is 0 Å². The maximum absolute atomic E-state index is 13.6. The van der Waals surface area contributed by atoms with Crippen LogP contribution in [0, 0.1) is 5.82 Å². The monoisotopic (exact) mass is 338 g/mol. The second kappa shape index (κ2) is 7.43. The van der Waals surface area contributed by atoms with E-state index in [1.54, 1.807) is 0 Å². The summed E-state index contributed by atoms with van der Waals surface area (Å²) in [7, 11) is -0.727. The van der Waals surface area contributed by atoms with E-state index in [2.05, 4.69) is 10.1 Å². The van der Waals surface area contributed by atoms with E-state index < -0.39 is 24.8 Å². The number of aliphatic hydroxyl groups is 1. The lowest BCUT2D eigenvalue weighted by molar-refractivity contribution is -0.136. The van der Waals surface area contributed by atoms with Crippen molar-refractivity contribution in [1.82, 2.24) is 4.90 Å². The number of carbonyl (C=O) groups is 2. The number of anilines is 1. The fourth-order valence-electron chi connectivity index (χ4n) is 2.33. The van der Waals surface area contributed by atoms with Crippen LogP contribution in [-0.4, -0.2) is 65.9 Å². The molecule has 0 atom stereocenters. The average molecular weight is 338 g/mol. The van der Waals surface area contributed by atoms with Crippen LogP contribution in [0.2, 0.25) is 0 Å². The molecule has 0 aromatic heterocycles. The number of esters is 1. The van der Waals surface area contributed by atoms with E-state index in [0.29, 0.717) is 0 Å². The molecule has 0 unspecified atom stereocenters. The number of methoxy groups -OCH3 is 1. The van der Waals surface area contributed by atoms with Gasteiger partial charge in [0.25, 0.3) is 5.91 Å². The van der Waals surface area contributed by atoms with Gasteiger partial charge in [0.1, 0.15) is 11.5 Å². The summed E-state index contributed by atoms with van der Waals surface area (Å²) in [5.41, 5.74) is -0.130. The van der Waals surface area contributed by atoms with E-state index in [9.17, 15) is 14.0 Å². The maximum atomic E-state index is 13.6. The van der Waals surface area contributed by atoms with Crippen molar-refractivity contribution in [2.45, 2.75) is 0 Å². The Bertz CT molecular complexity index is 694. The molecule has 0 aliphatic carbocycles. The van der Waals surface area contributed by atoms with E-state index in [0.717, 1.165) is 19.2 Å². The highest BCUT2D eigenvalue weighted by molar-refractivity contribution is 6.58. The van der Waals surface area contributed by atoms with Gasteiger partial charge in [0.05, 0.1) is 25.8 Å². The molecule has 10 heteroatoms. The minimum atomic E-state index is -1.89. The summed E-state index contributed by atoms with van der Waals surface area (Å²) in [6, 6.07) is 3.20. The molecule has 4 N–H and O–H groups in total. The van der Waals surface area contributed by atoms with Crippen molar-refractivity contribution in [3.8, 4) is 0 Å². The van der Waals surface area contributed by atoms with Gasteiger partial charge < -0.3 is 30.1 Å². The van der Waals surface area contributed by atoms with Crippen LogP contribution in [0.15, 0.2) is 29.5 Å². The van der Waals surface area contributed by atoms with Gasteiger partial charge in [0, 0.05) is 12.2 Å². The zero-order chi connectivity index (χ0) is 17.9. The van der Waals surface area contributed by atoms with Crippen molar-refractivity contribution in [3.05, 3.63) is 35.3 Å². The first-order valence-electron chi connectivity index (χ1n) is 7.02. The summed E-state index contributed by atoms with van der Waals surface area (Å²) in [5.74, 6) is -2.04. The van der Waals surface area contributed by atoms with Crippen molar-refractivity contribution in [3.63, 3.8) is 0 Å². The van der Waals surface area contributed by atoms with Gasteiger partial charge in [-0.25, -0.2) is 9.18 Å². The molecular weight excluding hydrogens is 322 g/mol. The van der Waals surface area contributed by atoms with Gasteiger partial charge in [0.15, 0.2) is 0 Å². The summed E-state index contributed by atoms with van der Waals surface area (Å²) in [4.78, 5) is 25.4. The fraction of sp³-hybridized carbons (Fsp3) is 0.286. The van der Waals surface area contributed by atoms with Crippen LogP contribution in [-0.2, 0) is 14.3 Å². The zero-order valence-electron chi connectivity index (χ0n) is 12.8. The molecule has 1 aliphatic rings. The van der Waals surface area contributed by atoms with Crippen LogP contribution < -0.4 is 10.8 Å². The molecule has 128 valence electrons. The standard InChI is InChI=1S/C14H16BFN2O6/c1-24-14(21)11-7-18(2-3-19)13(20)12(11)17-10-5-8(15(22)23)4-9(16)6-10/h4-6,17,19,22-23H,2-3,7H2,1H3. The van der Waals surface area contributed by atoms with E-state index in [1.807, 2.05) is 0 Å². The summed E-state index contributed by atoms with van der Waals surface area (Å²) >= 11 is 0. The van der Waals surface area contributed by atoms with Crippen molar-refractivity contribution in [2.24, 2.45) is 0 Å². The highest BCUT2D eigenvalue weighted by Gasteiger charge is 2.34. The molecule has 2 rings (SSSR count). The Balaban J connectivity index is 2.37. The summed E-state index contributed by atoms with van der Waals surface area (Å²) in [6.45, 7) is -0.318. The minimum absolute atomic E-state index is 0.0221. The highest BCUT2D eigenvalue weighted by atomic mass is 19.1. The maximum Gasteiger partial charge on any atom is 0.488 e. The highest BCUT2D eigenvalue weighted by Crippen LogP contribution is 2.22. The Morgan fingerprint density at radius 2 is 2.12 bits per heavy atom. The Morgan fingerprint density at radius 3 is 2.71 bits per heavy atom. The Labute approximate surface area is 137 Å². The number of β-amino-alcohol motifs (C(OH)–C–C–N with tert-alkyl or cyclic N) is 1.